The third-order valence-electron chi connectivity index (χ3n) is 3.17. The zero-order valence-electron chi connectivity index (χ0n) is 11.0. The number of hydrogen-bond acceptors (Lipinski definition) is 9. The molecule has 0 aromatic carbocycles. The third kappa shape index (κ3) is 3.89. The summed E-state index contributed by atoms with van der Waals surface area (Å²) in [6.07, 6.45) is 7.48. The normalized spacial score (nSPS) is 16.0. The molecular weight excluding hydrogens is 330 g/mol. The number of thiazole rings is 1. The predicted molar refractivity (Wildman–Crippen MR) is 83.3 cm³/mol. The smallest absolute Gasteiger partial charge is 0.344 e. The second kappa shape index (κ2) is 6.67. The van der Waals surface area contributed by atoms with Gasteiger partial charge in [0.2, 0.25) is 5.13 Å². The van der Waals surface area contributed by atoms with Crippen LogP contribution in [0.3, 0.4) is 0 Å². The number of nitro groups is 1. The van der Waals surface area contributed by atoms with Gasteiger partial charge in [-0.2, -0.15) is 0 Å². The Hall–Kier alpha value is -1.26. The zero-order chi connectivity index (χ0) is 14.7. The Morgan fingerprint density at radius 2 is 2.05 bits per heavy atom. The minimum absolute atomic E-state index is 0.0440. The fourth-order valence-corrected chi connectivity index (χ4v) is 5.00. The molecule has 1 N–H and O–H groups in total. The molecule has 0 amide bonds. The van der Waals surface area contributed by atoms with E-state index in [-0.39, 0.29) is 5.00 Å². The standard InChI is InChI=1S/C11H13N5O2S3/c17-16(18)8-6-12-10(19-8)21-11-15-14-9(20-11)13-7-4-2-1-3-5-7/h6-7H,1-5H2,(H,13,14). The Labute approximate surface area is 133 Å². The molecule has 0 aliphatic heterocycles. The molecular formula is C11H13N5O2S3. The number of nitrogens with zero attached hydrogens (tertiary/aromatic N) is 4. The van der Waals surface area contributed by atoms with Crippen LogP contribution in [0.15, 0.2) is 14.9 Å². The summed E-state index contributed by atoms with van der Waals surface area (Å²) in [7, 11) is 0. The van der Waals surface area contributed by atoms with Crippen molar-refractivity contribution < 1.29 is 4.92 Å². The lowest BCUT2D eigenvalue weighted by Crippen LogP contribution is -2.21. The Bertz CT molecular complexity index is 623. The summed E-state index contributed by atoms with van der Waals surface area (Å²) in [5, 5.41) is 23.1. The zero-order valence-corrected chi connectivity index (χ0v) is 13.5. The van der Waals surface area contributed by atoms with Crippen molar-refractivity contribution in [3.63, 3.8) is 0 Å². The van der Waals surface area contributed by atoms with Crippen LogP contribution in [-0.4, -0.2) is 26.1 Å². The molecule has 2 aromatic heterocycles. The summed E-state index contributed by atoms with van der Waals surface area (Å²) in [4.78, 5) is 14.2. The van der Waals surface area contributed by atoms with Gasteiger partial charge in [0.05, 0.1) is 4.92 Å². The molecule has 0 bridgehead atoms. The molecule has 1 saturated carbocycles. The summed E-state index contributed by atoms with van der Waals surface area (Å²) in [6.45, 7) is 0. The van der Waals surface area contributed by atoms with Crippen LogP contribution in [0.2, 0.25) is 0 Å². The van der Waals surface area contributed by atoms with Crippen molar-refractivity contribution in [1.82, 2.24) is 15.2 Å². The van der Waals surface area contributed by atoms with Crippen LogP contribution in [0, 0.1) is 10.1 Å². The van der Waals surface area contributed by atoms with Gasteiger partial charge in [-0.15, -0.1) is 10.2 Å². The van der Waals surface area contributed by atoms with Crippen LogP contribution >= 0.6 is 34.4 Å². The topological polar surface area (TPSA) is 93.8 Å². The number of nitrogens with one attached hydrogen (secondary N) is 1. The number of anilines is 1. The van der Waals surface area contributed by atoms with Crippen LogP contribution in [0.1, 0.15) is 32.1 Å². The first-order valence-electron chi connectivity index (χ1n) is 6.59. The van der Waals surface area contributed by atoms with Crippen molar-refractivity contribution in [2.24, 2.45) is 0 Å². The average molecular weight is 343 g/mol. The molecule has 1 aliphatic rings. The predicted octanol–water partition coefficient (Wildman–Crippen LogP) is 3.80. The van der Waals surface area contributed by atoms with Gasteiger partial charge in [-0.05, 0) is 35.9 Å². The molecule has 1 aliphatic carbocycles. The fourth-order valence-electron chi connectivity index (χ4n) is 2.19. The number of rotatable bonds is 5. The minimum atomic E-state index is -0.433. The summed E-state index contributed by atoms with van der Waals surface area (Å²) in [6, 6.07) is 0.491. The van der Waals surface area contributed by atoms with E-state index < -0.39 is 4.92 Å². The Morgan fingerprint density at radius 3 is 2.76 bits per heavy atom. The highest BCUT2D eigenvalue weighted by molar-refractivity contribution is 8.02. The number of hydrogen-bond donors (Lipinski definition) is 1. The van der Waals surface area contributed by atoms with E-state index in [2.05, 4.69) is 20.5 Å². The summed E-state index contributed by atoms with van der Waals surface area (Å²) < 4.78 is 1.36. The summed E-state index contributed by atoms with van der Waals surface area (Å²) in [5.74, 6) is 0. The van der Waals surface area contributed by atoms with Crippen LogP contribution in [0.4, 0.5) is 10.1 Å². The molecule has 3 rings (SSSR count). The van der Waals surface area contributed by atoms with E-state index in [1.807, 2.05) is 0 Å². The first kappa shape index (κ1) is 14.7. The van der Waals surface area contributed by atoms with Crippen molar-refractivity contribution in [3.05, 3.63) is 16.3 Å². The molecule has 10 heteroatoms. The highest BCUT2D eigenvalue weighted by Gasteiger charge is 2.17. The van der Waals surface area contributed by atoms with Crippen molar-refractivity contribution in [2.45, 2.75) is 46.8 Å². The van der Waals surface area contributed by atoms with E-state index in [9.17, 15) is 10.1 Å². The molecule has 0 atom stereocenters. The van der Waals surface area contributed by atoms with E-state index in [1.54, 1.807) is 0 Å². The maximum atomic E-state index is 10.6. The van der Waals surface area contributed by atoms with Crippen molar-refractivity contribution in [2.75, 3.05) is 5.32 Å². The van der Waals surface area contributed by atoms with E-state index in [1.165, 1.54) is 61.4 Å². The van der Waals surface area contributed by atoms with Crippen molar-refractivity contribution in [3.8, 4) is 0 Å². The molecule has 0 saturated heterocycles. The van der Waals surface area contributed by atoms with Gasteiger partial charge < -0.3 is 5.32 Å². The fraction of sp³-hybridized carbons (Fsp3) is 0.545. The highest BCUT2D eigenvalue weighted by Crippen LogP contribution is 2.36. The highest BCUT2D eigenvalue weighted by atomic mass is 32.2. The molecule has 0 spiro atoms. The van der Waals surface area contributed by atoms with Crippen LogP contribution in [0.5, 0.6) is 0 Å². The third-order valence-corrected chi connectivity index (χ3v) is 6.10. The Kier molecular flexibility index (Phi) is 4.66. The van der Waals surface area contributed by atoms with Crippen LogP contribution in [0.25, 0.3) is 0 Å². The molecule has 21 heavy (non-hydrogen) atoms. The largest absolute Gasteiger partial charge is 0.357 e. The Balaban J connectivity index is 1.60. The first-order chi connectivity index (χ1) is 10.2. The second-order valence-corrected chi connectivity index (χ2v) is 8.16. The second-order valence-electron chi connectivity index (χ2n) is 4.68. The van der Waals surface area contributed by atoms with E-state index in [0.717, 1.165) is 20.8 Å². The van der Waals surface area contributed by atoms with Crippen molar-refractivity contribution in [1.29, 1.82) is 0 Å². The molecule has 0 unspecified atom stereocenters. The van der Waals surface area contributed by atoms with E-state index in [0.29, 0.717) is 10.4 Å². The lowest BCUT2D eigenvalue weighted by Gasteiger charge is -2.21. The van der Waals surface area contributed by atoms with Crippen molar-refractivity contribution >= 4 is 44.6 Å². The van der Waals surface area contributed by atoms with Gasteiger partial charge in [0.1, 0.15) is 6.20 Å². The van der Waals surface area contributed by atoms with E-state index >= 15 is 0 Å². The van der Waals surface area contributed by atoms with Gasteiger partial charge in [0.15, 0.2) is 8.68 Å². The van der Waals surface area contributed by atoms with Gasteiger partial charge >= 0.3 is 5.00 Å². The SMILES string of the molecule is O=[N+]([O-])c1cnc(Sc2nnc(NC3CCCCC3)s2)s1. The average Bonchev–Trinajstić information content (AvgIpc) is 3.10. The number of aromatic nitrogens is 3. The molecule has 1 fully saturated rings. The minimum Gasteiger partial charge on any atom is -0.357 e. The monoisotopic (exact) mass is 343 g/mol. The van der Waals surface area contributed by atoms with Crippen LogP contribution < -0.4 is 5.32 Å². The lowest BCUT2D eigenvalue weighted by molar-refractivity contribution is -0.380. The summed E-state index contributed by atoms with van der Waals surface area (Å²) in [5.41, 5.74) is 0. The first-order valence-corrected chi connectivity index (χ1v) is 9.04. The van der Waals surface area contributed by atoms with Gasteiger partial charge in [0.25, 0.3) is 0 Å². The molecule has 112 valence electrons. The Morgan fingerprint density at radius 1 is 1.24 bits per heavy atom. The van der Waals surface area contributed by atoms with Crippen LogP contribution in [-0.2, 0) is 0 Å². The molecule has 2 heterocycles. The summed E-state index contributed by atoms with van der Waals surface area (Å²) >= 11 is 3.83. The van der Waals surface area contributed by atoms with Gasteiger partial charge in [-0.1, -0.05) is 30.6 Å². The quantitative estimate of drug-likeness (QED) is 0.652. The maximum Gasteiger partial charge on any atom is 0.344 e. The lowest BCUT2D eigenvalue weighted by atomic mass is 9.96. The maximum absolute atomic E-state index is 10.6. The van der Waals surface area contributed by atoms with Gasteiger partial charge in [-0.3, -0.25) is 10.1 Å². The molecule has 0 radical (unpaired) electrons. The van der Waals surface area contributed by atoms with Gasteiger partial charge in [-0.25, -0.2) is 4.98 Å². The van der Waals surface area contributed by atoms with E-state index in [4.69, 9.17) is 0 Å². The molecule has 2 aromatic rings. The van der Waals surface area contributed by atoms with Gasteiger partial charge in [0, 0.05) is 6.04 Å². The molecule has 7 nitrogen and oxygen atoms in total.